The van der Waals surface area contributed by atoms with Crippen molar-refractivity contribution in [3.05, 3.63) is 17.0 Å². The van der Waals surface area contributed by atoms with Gasteiger partial charge in [0.15, 0.2) is 0 Å². The van der Waals surface area contributed by atoms with Gasteiger partial charge in [-0.2, -0.15) is 0 Å². The van der Waals surface area contributed by atoms with E-state index in [1.807, 2.05) is 13.8 Å². The summed E-state index contributed by atoms with van der Waals surface area (Å²) in [5.74, 6) is 0.937. The summed E-state index contributed by atoms with van der Waals surface area (Å²) in [6.07, 6.45) is 2.40. The Morgan fingerprint density at radius 1 is 1.38 bits per heavy atom. The highest BCUT2D eigenvalue weighted by molar-refractivity contribution is 5.24. The second kappa shape index (κ2) is 4.97. The lowest BCUT2D eigenvalue weighted by Crippen LogP contribution is -2.41. The zero-order chi connectivity index (χ0) is 11.5. The van der Waals surface area contributed by atoms with E-state index in [-0.39, 0.29) is 0 Å². The number of nitrogens with zero attached hydrogens (tertiary/aromatic N) is 1. The van der Waals surface area contributed by atoms with Gasteiger partial charge in [-0.25, -0.2) is 0 Å². The van der Waals surface area contributed by atoms with Gasteiger partial charge in [-0.1, -0.05) is 5.16 Å². The van der Waals surface area contributed by atoms with Gasteiger partial charge < -0.3 is 15.2 Å². The second-order valence-electron chi connectivity index (χ2n) is 4.65. The minimum Gasteiger partial charge on any atom is -0.361 e. The molecule has 0 spiro atoms. The van der Waals surface area contributed by atoms with Crippen molar-refractivity contribution in [1.82, 2.24) is 15.8 Å². The van der Waals surface area contributed by atoms with Crippen molar-refractivity contribution in [2.24, 2.45) is 0 Å². The first kappa shape index (κ1) is 11.6. The minimum absolute atomic E-state index is 0.328. The lowest BCUT2D eigenvalue weighted by molar-refractivity contribution is 0.354. The minimum atomic E-state index is 0.328. The third-order valence-corrected chi connectivity index (χ3v) is 3.35. The average Bonchev–Trinajstić information content (AvgIpc) is 2.60. The van der Waals surface area contributed by atoms with Crippen molar-refractivity contribution in [2.75, 3.05) is 13.1 Å². The molecular formula is C12H21N3O. The fraction of sp³-hybridized carbons (Fsp3) is 0.750. The Hall–Kier alpha value is -0.870. The Morgan fingerprint density at radius 3 is 2.62 bits per heavy atom. The maximum absolute atomic E-state index is 5.20. The van der Waals surface area contributed by atoms with Gasteiger partial charge in [-0.05, 0) is 46.7 Å². The van der Waals surface area contributed by atoms with Crippen molar-refractivity contribution in [1.29, 1.82) is 0 Å². The molecule has 0 aromatic carbocycles. The van der Waals surface area contributed by atoms with Crippen molar-refractivity contribution in [3.8, 4) is 0 Å². The van der Waals surface area contributed by atoms with E-state index in [2.05, 4.69) is 22.7 Å². The van der Waals surface area contributed by atoms with Crippen LogP contribution in [0.5, 0.6) is 0 Å². The van der Waals surface area contributed by atoms with E-state index in [9.17, 15) is 0 Å². The summed E-state index contributed by atoms with van der Waals surface area (Å²) in [7, 11) is 0. The van der Waals surface area contributed by atoms with Crippen LogP contribution in [0.2, 0.25) is 0 Å². The molecule has 0 saturated carbocycles. The summed E-state index contributed by atoms with van der Waals surface area (Å²) in [5, 5.41) is 11.0. The molecule has 0 bridgehead atoms. The Bertz CT molecular complexity index is 323. The van der Waals surface area contributed by atoms with Crippen molar-refractivity contribution < 1.29 is 4.52 Å². The van der Waals surface area contributed by atoms with Crippen LogP contribution < -0.4 is 10.6 Å². The summed E-state index contributed by atoms with van der Waals surface area (Å²) in [4.78, 5) is 0. The van der Waals surface area contributed by atoms with E-state index in [1.54, 1.807) is 0 Å². The summed E-state index contributed by atoms with van der Waals surface area (Å²) >= 11 is 0. The predicted octanol–water partition coefficient (Wildman–Crippen LogP) is 1.69. The van der Waals surface area contributed by atoms with Crippen LogP contribution in [0.25, 0.3) is 0 Å². The molecule has 90 valence electrons. The van der Waals surface area contributed by atoms with Crippen molar-refractivity contribution >= 4 is 0 Å². The van der Waals surface area contributed by atoms with Gasteiger partial charge in [0, 0.05) is 17.6 Å². The molecule has 0 radical (unpaired) electrons. The second-order valence-corrected chi connectivity index (χ2v) is 4.65. The molecule has 1 fully saturated rings. The van der Waals surface area contributed by atoms with Crippen LogP contribution in [0.15, 0.2) is 4.52 Å². The van der Waals surface area contributed by atoms with Crippen LogP contribution in [-0.4, -0.2) is 24.3 Å². The molecule has 2 N–H and O–H groups in total. The summed E-state index contributed by atoms with van der Waals surface area (Å²) in [5.41, 5.74) is 2.23. The first-order valence-electron chi connectivity index (χ1n) is 6.08. The highest BCUT2D eigenvalue weighted by Gasteiger charge is 2.20. The van der Waals surface area contributed by atoms with Crippen LogP contribution in [-0.2, 0) is 0 Å². The van der Waals surface area contributed by atoms with Gasteiger partial charge in [0.2, 0.25) is 0 Å². The van der Waals surface area contributed by atoms with E-state index >= 15 is 0 Å². The van der Waals surface area contributed by atoms with E-state index in [0.29, 0.717) is 12.1 Å². The summed E-state index contributed by atoms with van der Waals surface area (Å²) < 4.78 is 5.20. The molecule has 0 aliphatic carbocycles. The molecule has 2 rings (SSSR count). The van der Waals surface area contributed by atoms with Gasteiger partial charge in [0.1, 0.15) is 5.76 Å². The van der Waals surface area contributed by atoms with E-state index in [0.717, 1.165) is 24.5 Å². The lowest BCUT2D eigenvalue weighted by atomic mass is 10.0. The molecule has 4 heteroatoms. The van der Waals surface area contributed by atoms with Gasteiger partial charge in [0.05, 0.1) is 5.69 Å². The number of aromatic nitrogens is 1. The van der Waals surface area contributed by atoms with Crippen LogP contribution in [0.4, 0.5) is 0 Å². The monoisotopic (exact) mass is 223 g/mol. The van der Waals surface area contributed by atoms with Crippen LogP contribution in [0, 0.1) is 13.8 Å². The predicted molar refractivity (Wildman–Crippen MR) is 63.4 cm³/mol. The number of nitrogens with one attached hydrogen (secondary N) is 2. The fourth-order valence-electron chi connectivity index (χ4n) is 2.53. The fourth-order valence-corrected chi connectivity index (χ4v) is 2.53. The van der Waals surface area contributed by atoms with Crippen molar-refractivity contribution in [3.63, 3.8) is 0 Å². The number of hydrogen-bond acceptors (Lipinski definition) is 4. The zero-order valence-corrected chi connectivity index (χ0v) is 10.3. The zero-order valence-electron chi connectivity index (χ0n) is 10.3. The number of hydrogen-bond donors (Lipinski definition) is 2. The van der Waals surface area contributed by atoms with Gasteiger partial charge >= 0.3 is 0 Å². The van der Waals surface area contributed by atoms with Gasteiger partial charge in [-0.3, -0.25) is 0 Å². The third-order valence-electron chi connectivity index (χ3n) is 3.35. The molecular weight excluding hydrogens is 202 g/mol. The lowest BCUT2D eigenvalue weighted by Gasteiger charge is -2.27. The molecule has 16 heavy (non-hydrogen) atoms. The van der Waals surface area contributed by atoms with Crippen molar-refractivity contribution in [2.45, 2.75) is 45.7 Å². The maximum Gasteiger partial charge on any atom is 0.138 e. The molecule has 1 aromatic rings. The smallest absolute Gasteiger partial charge is 0.138 e. The third kappa shape index (κ3) is 2.44. The highest BCUT2D eigenvalue weighted by atomic mass is 16.5. The SMILES string of the molecule is Cc1noc(C)c1C(C)NC1CCNCC1. The van der Waals surface area contributed by atoms with E-state index in [1.165, 1.54) is 18.4 Å². The van der Waals surface area contributed by atoms with Gasteiger partial charge in [0.25, 0.3) is 0 Å². The summed E-state index contributed by atoms with van der Waals surface area (Å²) in [6.45, 7) is 8.41. The number of aryl methyl sites for hydroxylation is 2. The Morgan fingerprint density at radius 2 is 2.06 bits per heavy atom. The molecule has 4 nitrogen and oxygen atoms in total. The Balaban J connectivity index is 1.99. The summed E-state index contributed by atoms with van der Waals surface area (Å²) in [6, 6.07) is 0.944. The largest absolute Gasteiger partial charge is 0.361 e. The highest BCUT2D eigenvalue weighted by Crippen LogP contribution is 2.22. The van der Waals surface area contributed by atoms with Crippen LogP contribution >= 0.6 is 0 Å². The molecule has 0 amide bonds. The Kier molecular flexibility index (Phi) is 3.61. The number of rotatable bonds is 3. The standard InChI is InChI=1S/C12H21N3O/c1-8(12-9(2)15-16-10(12)3)14-11-4-6-13-7-5-11/h8,11,13-14H,4-7H2,1-3H3. The van der Waals surface area contributed by atoms with Crippen LogP contribution in [0.1, 0.15) is 42.8 Å². The number of piperidine rings is 1. The molecule has 2 heterocycles. The van der Waals surface area contributed by atoms with Gasteiger partial charge in [-0.15, -0.1) is 0 Å². The molecule has 1 aromatic heterocycles. The molecule has 1 atom stereocenters. The topological polar surface area (TPSA) is 50.1 Å². The molecule has 1 aliphatic rings. The Labute approximate surface area is 96.8 Å². The molecule has 1 aliphatic heterocycles. The first-order valence-corrected chi connectivity index (χ1v) is 6.08. The average molecular weight is 223 g/mol. The quantitative estimate of drug-likeness (QED) is 0.819. The molecule has 1 saturated heterocycles. The first-order chi connectivity index (χ1) is 7.68. The maximum atomic E-state index is 5.20. The molecule has 1 unspecified atom stereocenters. The van der Waals surface area contributed by atoms with Crippen LogP contribution in [0.3, 0.4) is 0 Å². The van der Waals surface area contributed by atoms with E-state index < -0.39 is 0 Å². The normalized spacial score (nSPS) is 19.9. The van der Waals surface area contributed by atoms with E-state index in [4.69, 9.17) is 4.52 Å².